The first-order valence-corrected chi connectivity index (χ1v) is 8.15. The van der Waals surface area contributed by atoms with E-state index in [4.69, 9.17) is 9.84 Å². The number of carboxylic acids is 1. The van der Waals surface area contributed by atoms with E-state index in [0.717, 1.165) is 11.1 Å². The van der Waals surface area contributed by atoms with E-state index in [2.05, 4.69) is 0 Å². The molecule has 6 nitrogen and oxygen atoms in total. The zero-order valence-electron chi connectivity index (χ0n) is 12.1. The summed E-state index contributed by atoms with van der Waals surface area (Å²) in [6, 6.07) is 5.00. The first kappa shape index (κ1) is 15.9. The molecule has 2 rings (SSSR count). The Bertz CT molecular complexity index is 641. The first-order chi connectivity index (χ1) is 9.80. The topological polar surface area (TPSA) is 83.9 Å². The van der Waals surface area contributed by atoms with E-state index in [1.54, 1.807) is 18.2 Å². The van der Waals surface area contributed by atoms with Gasteiger partial charge in [0.1, 0.15) is 0 Å². The second kappa shape index (κ2) is 6.13. The minimum absolute atomic E-state index is 0.0710. The molecule has 1 aliphatic rings. The normalized spacial score (nSPS) is 20.4. The van der Waals surface area contributed by atoms with Gasteiger partial charge in [0.15, 0.2) is 0 Å². The fraction of sp³-hybridized carbons (Fsp3) is 0.500. The van der Waals surface area contributed by atoms with Crippen LogP contribution in [0.2, 0.25) is 0 Å². The zero-order valence-corrected chi connectivity index (χ0v) is 12.9. The predicted molar refractivity (Wildman–Crippen MR) is 76.7 cm³/mol. The van der Waals surface area contributed by atoms with E-state index in [1.165, 1.54) is 4.31 Å². The molecular formula is C14H19NO5S. The molecule has 0 saturated carbocycles. The van der Waals surface area contributed by atoms with E-state index in [-0.39, 0.29) is 31.0 Å². The molecule has 1 atom stereocenters. The van der Waals surface area contributed by atoms with Crippen molar-refractivity contribution in [2.45, 2.75) is 31.3 Å². The van der Waals surface area contributed by atoms with Gasteiger partial charge in [-0.2, -0.15) is 4.31 Å². The van der Waals surface area contributed by atoms with Crippen LogP contribution in [-0.4, -0.2) is 49.6 Å². The highest BCUT2D eigenvalue weighted by atomic mass is 32.2. The number of hydrogen-bond donors (Lipinski definition) is 1. The Kier molecular flexibility index (Phi) is 4.65. The average Bonchev–Trinajstić information content (AvgIpc) is 2.41. The molecule has 1 saturated heterocycles. The number of carbonyl (C=O) groups is 1. The first-order valence-electron chi connectivity index (χ1n) is 6.71. The van der Waals surface area contributed by atoms with Crippen LogP contribution in [-0.2, 0) is 19.6 Å². The molecule has 1 fully saturated rings. The summed E-state index contributed by atoms with van der Waals surface area (Å²) in [5, 5.41) is 8.79. The van der Waals surface area contributed by atoms with Crippen molar-refractivity contribution >= 4 is 16.0 Å². The minimum atomic E-state index is -3.61. The maximum atomic E-state index is 12.6. The molecule has 116 valence electrons. The van der Waals surface area contributed by atoms with Crippen LogP contribution in [0, 0.1) is 13.8 Å². The number of sulfonamides is 1. The maximum Gasteiger partial charge on any atom is 0.306 e. The molecule has 7 heteroatoms. The van der Waals surface area contributed by atoms with Crippen molar-refractivity contribution in [1.82, 2.24) is 4.31 Å². The molecule has 0 aromatic heterocycles. The van der Waals surface area contributed by atoms with E-state index < -0.39 is 22.1 Å². The predicted octanol–water partition coefficient (Wildman–Crippen LogP) is 1.17. The molecule has 0 radical (unpaired) electrons. The van der Waals surface area contributed by atoms with E-state index in [0.29, 0.717) is 0 Å². The lowest BCUT2D eigenvalue weighted by Gasteiger charge is -2.31. The van der Waals surface area contributed by atoms with Gasteiger partial charge in [-0.1, -0.05) is 6.07 Å². The molecule has 21 heavy (non-hydrogen) atoms. The van der Waals surface area contributed by atoms with Crippen LogP contribution in [0.1, 0.15) is 17.5 Å². The molecule has 0 aliphatic carbocycles. The summed E-state index contributed by atoms with van der Waals surface area (Å²) in [5.74, 6) is -0.995. The van der Waals surface area contributed by atoms with Crippen LogP contribution in [0.4, 0.5) is 0 Å². The third kappa shape index (κ3) is 3.61. The van der Waals surface area contributed by atoms with Gasteiger partial charge in [-0.25, -0.2) is 8.42 Å². The molecule has 1 aliphatic heterocycles. The van der Waals surface area contributed by atoms with E-state index in [9.17, 15) is 13.2 Å². The second-order valence-corrected chi connectivity index (χ2v) is 7.14. The van der Waals surface area contributed by atoms with Crippen molar-refractivity contribution in [3.8, 4) is 0 Å². The van der Waals surface area contributed by atoms with Gasteiger partial charge in [0, 0.05) is 13.1 Å². The lowest BCUT2D eigenvalue weighted by atomic mass is 10.1. The number of nitrogens with zero attached hydrogens (tertiary/aromatic N) is 1. The standard InChI is InChI=1S/C14H19NO5S/c1-10-3-4-13(7-11(10)2)21(18,19)15-5-6-20-12(9-15)8-14(16)17/h3-4,7,12H,5-6,8-9H2,1-2H3,(H,16,17). The van der Waals surface area contributed by atoms with Crippen LogP contribution in [0.5, 0.6) is 0 Å². The molecular weight excluding hydrogens is 294 g/mol. The summed E-state index contributed by atoms with van der Waals surface area (Å²) in [7, 11) is -3.61. The largest absolute Gasteiger partial charge is 0.481 e. The monoisotopic (exact) mass is 313 g/mol. The van der Waals surface area contributed by atoms with E-state index >= 15 is 0 Å². The number of aryl methyl sites for hydroxylation is 2. The lowest BCUT2D eigenvalue weighted by molar-refractivity contribution is -0.141. The maximum absolute atomic E-state index is 12.6. The highest BCUT2D eigenvalue weighted by molar-refractivity contribution is 7.89. The summed E-state index contributed by atoms with van der Waals surface area (Å²) >= 11 is 0. The van der Waals surface area contributed by atoms with Crippen LogP contribution >= 0.6 is 0 Å². The Morgan fingerprint density at radius 2 is 2.10 bits per heavy atom. The number of hydrogen-bond acceptors (Lipinski definition) is 4. The van der Waals surface area contributed by atoms with Gasteiger partial charge in [-0.05, 0) is 37.1 Å². The van der Waals surface area contributed by atoms with Crippen LogP contribution in [0.3, 0.4) is 0 Å². The van der Waals surface area contributed by atoms with Crippen molar-refractivity contribution in [2.24, 2.45) is 0 Å². The number of benzene rings is 1. The molecule has 1 aromatic carbocycles. The van der Waals surface area contributed by atoms with Crippen molar-refractivity contribution in [1.29, 1.82) is 0 Å². The molecule has 0 bridgehead atoms. The van der Waals surface area contributed by atoms with Gasteiger partial charge in [0.25, 0.3) is 0 Å². The third-order valence-electron chi connectivity index (χ3n) is 3.62. The van der Waals surface area contributed by atoms with Crippen molar-refractivity contribution in [2.75, 3.05) is 19.7 Å². The fourth-order valence-electron chi connectivity index (χ4n) is 2.25. The summed E-state index contributed by atoms with van der Waals surface area (Å²) < 4.78 is 31.8. The molecule has 1 heterocycles. The van der Waals surface area contributed by atoms with Crippen LogP contribution in [0.25, 0.3) is 0 Å². The molecule has 0 amide bonds. The van der Waals surface area contributed by atoms with Gasteiger partial charge in [0.2, 0.25) is 10.0 Å². The smallest absolute Gasteiger partial charge is 0.306 e. The summed E-state index contributed by atoms with van der Waals surface area (Å²) in [5.41, 5.74) is 1.94. The number of rotatable bonds is 4. The molecule has 1 N–H and O–H groups in total. The quantitative estimate of drug-likeness (QED) is 0.902. The number of morpholine rings is 1. The minimum Gasteiger partial charge on any atom is -0.481 e. The Morgan fingerprint density at radius 3 is 2.71 bits per heavy atom. The number of carboxylic acid groups (broad SMARTS) is 1. The van der Waals surface area contributed by atoms with Gasteiger partial charge in [-0.3, -0.25) is 4.79 Å². The SMILES string of the molecule is Cc1ccc(S(=O)(=O)N2CCOC(CC(=O)O)C2)cc1C. The summed E-state index contributed by atoms with van der Waals surface area (Å²) in [6.07, 6.45) is -0.795. The van der Waals surface area contributed by atoms with Gasteiger partial charge < -0.3 is 9.84 Å². The highest BCUT2D eigenvalue weighted by Gasteiger charge is 2.31. The van der Waals surface area contributed by atoms with Crippen LogP contribution in [0.15, 0.2) is 23.1 Å². The second-order valence-electron chi connectivity index (χ2n) is 5.20. The Morgan fingerprint density at radius 1 is 1.38 bits per heavy atom. The van der Waals surface area contributed by atoms with Crippen LogP contribution < -0.4 is 0 Å². The Hall–Kier alpha value is -1.44. The number of ether oxygens (including phenoxy) is 1. The summed E-state index contributed by atoms with van der Waals surface area (Å²) in [6.45, 7) is 4.30. The molecule has 0 spiro atoms. The zero-order chi connectivity index (χ0) is 15.6. The fourth-order valence-corrected chi connectivity index (χ4v) is 3.79. The Balaban J connectivity index is 2.22. The summed E-state index contributed by atoms with van der Waals surface area (Å²) in [4.78, 5) is 11.0. The molecule has 1 unspecified atom stereocenters. The molecule has 1 aromatic rings. The lowest BCUT2D eigenvalue weighted by Crippen LogP contribution is -2.46. The van der Waals surface area contributed by atoms with Crippen molar-refractivity contribution in [3.63, 3.8) is 0 Å². The Labute approximate surface area is 124 Å². The van der Waals surface area contributed by atoms with Gasteiger partial charge in [-0.15, -0.1) is 0 Å². The van der Waals surface area contributed by atoms with E-state index in [1.807, 2.05) is 13.8 Å². The third-order valence-corrected chi connectivity index (χ3v) is 5.48. The number of aliphatic carboxylic acids is 1. The van der Waals surface area contributed by atoms with Crippen molar-refractivity contribution in [3.05, 3.63) is 29.3 Å². The van der Waals surface area contributed by atoms with Gasteiger partial charge >= 0.3 is 5.97 Å². The van der Waals surface area contributed by atoms with Crippen molar-refractivity contribution < 1.29 is 23.1 Å². The van der Waals surface area contributed by atoms with Gasteiger partial charge in [0.05, 0.1) is 24.0 Å². The highest BCUT2D eigenvalue weighted by Crippen LogP contribution is 2.22. The average molecular weight is 313 g/mol.